The van der Waals surface area contributed by atoms with Crippen molar-refractivity contribution in [2.45, 2.75) is 64.0 Å². The summed E-state index contributed by atoms with van der Waals surface area (Å²) < 4.78 is 6.00. The molecule has 17 heavy (non-hydrogen) atoms. The van der Waals surface area contributed by atoms with E-state index in [9.17, 15) is 5.11 Å². The molecule has 0 aromatic carbocycles. The molecule has 2 heterocycles. The first kappa shape index (κ1) is 13.3. The third kappa shape index (κ3) is 3.41. The predicted octanol–water partition coefficient (Wildman–Crippen LogP) is 0.597. The Morgan fingerprint density at radius 2 is 2.06 bits per heavy atom. The van der Waals surface area contributed by atoms with Crippen LogP contribution >= 0.6 is 0 Å². The van der Waals surface area contributed by atoms with Gasteiger partial charge < -0.3 is 15.2 Å². The minimum absolute atomic E-state index is 0.0948. The van der Waals surface area contributed by atoms with E-state index in [1.165, 1.54) is 0 Å². The van der Waals surface area contributed by atoms with Crippen molar-refractivity contribution >= 4 is 0 Å². The van der Waals surface area contributed by atoms with Gasteiger partial charge in [0.05, 0.1) is 17.8 Å². The average Bonchev–Trinajstić information content (AvgIpc) is 2.53. The molecule has 0 unspecified atom stereocenters. The van der Waals surface area contributed by atoms with Crippen molar-refractivity contribution in [1.29, 1.82) is 0 Å². The first-order valence-corrected chi connectivity index (χ1v) is 6.68. The number of hydrogen-bond donors (Lipinski definition) is 2. The lowest BCUT2D eigenvalue weighted by atomic mass is 10.1. The topological polar surface area (TPSA) is 44.7 Å². The zero-order chi connectivity index (χ0) is 12.6. The third-order valence-electron chi connectivity index (χ3n) is 3.66. The van der Waals surface area contributed by atoms with E-state index in [1.54, 1.807) is 0 Å². The molecule has 0 bridgehead atoms. The van der Waals surface area contributed by atoms with E-state index < -0.39 is 0 Å². The molecular formula is C13H26N2O2. The van der Waals surface area contributed by atoms with E-state index in [-0.39, 0.29) is 17.8 Å². The Labute approximate surface area is 104 Å². The summed E-state index contributed by atoms with van der Waals surface area (Å²) in [4.78, 5) is 2.40. The van der Waals surface area contributed by atoms with E-state index in [0.717, 1.165) is 26.1 Å². The van der Waals surface area contributed by atoms with E-state index in [1.807, 2.05) is 0 Å². The Balaban J connectivity index is 1.87. The van der Waals surface area contributed by atoms with E-state index >= 15 is 0 Å². The molecule has 2 rings (SSSR count). The summed E-state index contributed by atoms with van der Waals surface area (Å²) in [6, 6.07) is 0.888. The van der Waals surface area contributed by atoms with Gasteiger partial charge in [-0.1, -0.05) is 0 Å². The highest BCUT2D eigenvalue weighted by molar-refractivity contribution is 4.95. The molecule has 0 spiro atoms. The van der Waals surface area contributed by atoms with Crippen molar-refractivity contribution in [3.8, 4) is 0 Å². The molecule has 2 N–H and O–H groups in total. The Kier molecular flexibility index (Phi) is 3.78. The third-order valence-corrected chi connectivity index (χ3v) is 3.66. The van der Waals surface area contributed by atoms with Crippen LogP contribution in [0.4, 0.5) is 0 Å². The molecule has 4 nitrogen and oxygen atoms in total. The summed E-state index contributed by atoms with van der Waals surface area (Å²) >= 11 is 0. The van der Waals surface area contributed by atoms with Gasteiger partial charge in [-0.15, -0.1) is 0 Å². The van der Waals surface area contributed by atoms with Crippen LogP contribution in [0, 0.1) is 0 Å². The molecule has 2 fully saturated rings. The summed E-state index contributed by atoms with van der Waals surface area (Å²) in [6.45, 7) is 11.2. The monoisotopic (exact) mass is 242 g/mol. The van der Waals surface area contributed by atoms with Gasteiger partial charge in [-0.05, 0) is 34.1 Å². The van der Waals surface area contributed by atoms with Crippen molar-refractivity contribution in [3.05, 3.63) is 0 Å². The molecule has 0 aliphatic carbocycles. The van der Waals surface area contributed by atoms with Crippen molar-refractivity contribution in [2.24, 2.45) is 0 Å². The molecule has 0 saturated carbocycles. The molecule has 2 aliphatic rings. The predicted molar refractivity (Wildman–Crippen MR) is 68.1 cm³/mol. The Bertz CT molecular complexity index is 265. The van der Waals surface area contributed by atoms with Crippen LogP contribution in [-0.2, 0) is 4.74 Å². The summed E-state index contributed by atoms with van der Waals surface area (Å²) in [7, 11) is 0. The summed E-state index contributed by atoms with van der Waals surface area (Å²) in [5.74, 6) is 0. The lowest BCUT2D eigenvalue weighted by molar-refractivity contribution is -0.0756. The van der Waals surface area contributed by atoms with Gasteiger partial charge in [-0.25, -0.2) is 0 Å². The number of aliphatic hydroxyl groups is 1. The van der Waals surface area contributed by atoms with Crippen molar-refractivity contribution in [3.63, 3.8) is 0 Å². The maximum absolute atomic E-state index is 9.67. The van der Waals surface area contributed by atoms with E-state index in [2.05, 4.69) is 37.9 Å². The van der Waals surface area contributed by atoms with E-state index in [0.29, 0.717) is 12.1 Å². The number of aliphatic hydroxyl groups excluding tert-OH is 1. The second kappa shape index (κ2) is 4.84. The molecule has 2 saturated heterocycles. The highest BCUT2D eigenvalue weighted by Gasteiger charge is 2.37. The van der Waals surface area contributed by atoms with Gasteiger partial charge in [0.25, 0.3) is 0 Å². The summed E-state index contributed by atoms with van der Waals surface area (Å²) in [6.07, 6.45) is 0.974. The van der Waals surface area contributed by atoms with Crippen LogP contribution in [0.3, 0.4) is 0 Å². The second-order valence-corrected chi connectivity index (χ2v) is 6.45. The van der Waals surface area contributed by atoms with Crippen LogP contribution in [0.2, 0.25) is 0 Å². The van der Waals surface area contributed by atoms with Gasteiger partial charge in [0.2, 0.25) is 0 Å². The summed E-state index contributed by atoms with van der Waals surface area (Å²) in [5.41, 5.74) is -0.0948. The maximum Gasteiger partial charge on any atom is 0.0719 e. The van der Waals surface area contributed by atoms with Gasteiger partial charge in [0.1, 0.15) is 0 Å². The van der Waals surface area contributed by atoms with Crippen molar-refractivity contribution in [1.82, 2.24) is 10.2 Å². The Morgan fingerprint density at radius 3 is 2.71 bits per heavy atom. The molecule has 0 aromatic heterocycles. The first-order chi connectivity index (χ1) is 7.85. The summed E-state index contributed by atoms with van der Waals surface area (Å²) in [5, 5.41) is 13.2. The second-order valence-electron chi connectivity index (χ2n) is 6.45. The largest absolute Gasteiger partial charge is 0.392 e. The number of nitrogens with one attached hydrogen (secondary N) is 1. The zero-order valence-corrected chi connectivity index (χ0v) is 11.4. The van der Waals surface area contributed by atoms with Gasteiger partial charge in [0, 0.05) is 31.7 Å². The van der Waals surface area contributed by atoms with Crippen LogP contribution in [0.15, 0.2) is 0 Å². The average molecular weight is 242 g/mol. The number of rotatable bonds is 2. The smallest absolute Gasteiger partial charge is 0.0719 e. The number of ether oxygens (including phenoxy) is 1. The van der Waals surface area contributed by atoms with Gasteiger partial charge in [0.15, 0.2) is 0 Å². The highest BCUT2D eigenvalue weighted by Crippen LogP contribution is 2.23. The molecule has 4 atom stereocenters. The quantitative estimate of drug-likeness (QED) is 0.744. The fourth-order valence-corrected chi connectivity index (χ4v) is 2.95. The number of piperazine rings is 1. The van der Waals surface area contributed by atoms with Crippen molar-refractivity contribution in [2.75, 3.05) is 19.6 Å². The number of hydrogen-bond acceptors (Lipinski definition) is 4. The number of fused-ring (bicyclic) bond motifs is 1. The van der Waals surface area contributed by atoms with Gasteiger partial charge in [-0.2, -0.15) is 0 Å². The Morgan fingerprint density at radius 1 is 1.35 bits per heavy atom. The molecule has 0 radical (unpaired) electrons. The zero-order valence-electron chi connectivity index (χ0n) is 11.4. The standard InChI is InChI=1S/C13H26N2O2/c1-9(17-13(2,3)4)12-8-15-7-11(16)5-10(15)6-14-12/h9-12,14,16H,5-8H2,1-4H3/t9-,10-,11-,12-/m1/s1. The van der Waals surface area contributed by atoms with Crippen LogP contribution in [-0.4, -0.2) is 59.5 Å². The minimum Gasteiger partial charge on any atom is -0.392 e. The van der Waals surface area contributed by atoms with E-state index in [4.69, 9.17) is 4.74 Å². The Hall–Kier alpha value is -0.160. The lowest BCUT2D eigenvalue weighted by Gasteiger charge is -2.40. The van der Waals surface area contributed by atoms with Gasteiger partial charge in [-0.3, -0.25) is 4.90 Å². The van der Waals surface area contributed by atoms with Crippen LogP contribution in [0.5, 0.6) is 0 Å². The lowest BCUT2D eigenvalue weighted by Crippen LogP contribution is -2.58. The van der Waals surface area contributed by atoms with Crippen molar-refractivity contribution < 1.29 is 9.84 Å². The normalized spacial score (nSPS) is 36.9. The van der Waals surface area contributed by atoms with Gasteiger partial charge >= 0.3 is 0 Å². The molecule has 2 aliphatic heterocycles. The first-order valence-electron chi connectivity index (χ1n) is 6.68. The molecule has 0 aromatic rings. The van der Waals surface area contributed by atoms with Crippen LogP contribution in [0.1, 0.15) is 34.1 Å². The molecule has 4 heteroatoms. The molecule has 100 valence electrons. The van der Waals surface area contributed by atoms with Crippen LogP contribution < -0.4 is 5.32 Å². The molecule has 0 amide bonds. The fourth-order valence-electron chi connectivity index (χ4n) is 2.95. The SMILES string of the molecule is C[C@@H](OC(C)(C)C)[C@H]1CN2C[C@H](O)C[C@@H]2CN1. The maximum atomic E-state index is 9.67. The highest BCUT2D eigenvalue weighted by atomic mass is 16.5. The minimum atomic E-state index is -0.139. The fraction of sp³-hybridized carbons (Fsp3) is 1.00. The number of nitrogens with zero attached hydrogens (tertiary/aromatic N) is 1. The molecular weight excluding hydrogens is 216 g/mol. The van der Waals surface area contributed by atoms with Crippen LogP contribution in [0.25, 0.3) is 0 Å².